The Morgan fingerprint density at radius 3 is 2.32 bits per heavy atom. The van der Waals surface area contributed by atoms with Crippen molar-refractivity contribution in [2.75, 3.05) is 18.8 Å². The highest BCUT2D eigenvalue weighted by atomic mass is 35.5. The van der Waals surface area contributed by atoms with Crippen molar-refractivity contribution in [3.63, 3.8) is 0 Å². The van der Waals surface area contributed by atoms with Gasteiger partial charge in [0.05, 0.1) is 16.8 Å². The van der Waals surface area contributed by atoms with Crippen molar-refractivity contribution >= 4 is 17.3 Å². The van der Waals surface area contributed by atoms with Gasteiger partial charge in [-0.25, -0.2) is 5.11 Å². The molecule has 0 spiro atoms. The third kappa shape index (κ3) is 3.50. The molecule has 1 aromatic rings. The fourth-order valence-corrected chi connectivity index (χ4v) is 3.98. The van der Waals surface area contributed by atoms with Crippen molar-refractivity contribution in [2.24, 2.45) is 0 Å². The topological polar surface area (TPSA) is 41.6 Å². The van der Waals surface area contributed by atoms with Crippen molar-refractivity contribution in [3.05, 3.63) is 23.2 Å². The molecule has 4 nitrogen and oxygen atoms in total. The molecule has 0 saturated carbocycles. The molecule has 0 bridgehead atoms. The zero-order valence-corrected chi connectivity index (χ0v) is 14.7. The second-order valence-electron chi connectivity index (χ2n) is 7.15. The zero-order chi connectivity index (χ0) is 16.5. The van der Waals surface area contributed by atoms with Gasteiger partial charge in [0.15, 0.2) is 6.79 Å². The van der Waals surface area contributed by atoms with Crippen LogP contribution in [-0.2, 0) is 9.84 Å². The highest BCUT2D eigenvalue weighted by Gasteiger charge is 2.46. The monoisotopic (exact) mass is 326 g/mol. The number of halogens is 1. The smallest absolute Gasteiger partial charge is 0.188 e. The molecule has 0 amide bonds. The van der Waals surface area contributed by atoms with Gasteiger partial charge in [0.1, 0.15) is 5.75 Å². The minimum absolute atomic E-state index is 0.189. The maximum absolute atomic E-state index is 12.1. The van der Waals surface area contributed by atoms with Gasteiger partial charge >= 0.3 is 0 Å². The molecular weight excluding hydrogens is 302 g/mol. The van der Waals surface area contributed by atoms with Gasteiger partial charge in [-0.15, -0.1) is 0 Å². The number of benzene rings is 1. The summed E-state index contributed by atoms with van der Waals surface area (Å²) in [5.74, 6) is 0.671. The Bertz CT molecular complexity index is 513. The molecule has 1 aliphatic heterocycles. The predicted molar refractivity (Wildman–Crippen MR) is 88.3 cm³/mol. The molecule has 1 aliphatic rings. The Morgan fingerprint density at radius 2 is 1.82 bits per heavy atom. The lowest BCUT2D eigenvalue weighted by Gasteiger charge is -2.55. The average Bonchev–Trinajstić information content (AvgIpc) is 2.35. The molecule has 1 fully saturated rings. The summed E-state index contributed by atoms with van der Waals surface area (Å²) in [6, 6.07) is 5.64. The Labute approximate surface area is 138 Å². The van der Waals surface area contributed by atoms with Gasteiger partial charge < -0.3 is 14.4 Å². The van der Waals surface area contributed by atoms with Crippen molar-refractivity contribution in [3.8, 4) is 5.75 Å². The lowest BCUT2D eigenvalue weighted by Crippen LogP contribution is -2.62. The van der Waals surface area contributed by atoms with Gasteiger partial charge in [-0.3, -0.25) is 0 Å². The Hall–Kier alpha value is -0.970. The first-order valence-corrected chi connectivity index (χ1v) is 7.92. The van der Waals surface area contributed by atoms with Gasteiger partial charge in [-0.05, 0) is 52.7 Å². The molecule has 1 heterocycles. The van der Waals surface area contributed by atoms with Crippen LogP contribution in [0.1, 0.15) is 40.5 Å². The van der Waals surface area contributed by atoms with Crippen LogP contribution in [0, 0.1) is 0 Å². The molecular formula is C17H25ClNO3. The first-order valence-electron chi connectivity index (χ1n) is 7.55. The van der Waals surface area contributed by atoms with Crippen LogP contribution in [0.15, 0.2) is 18.2 Å². The highest BCUT2D eigenvalue weighted by Crippen LogP contribution is 2.45. The minimum atomic E-state index is -0.538. The van der Waals surface area contributed by atoms with Gasteiger partial charge in [0.2, 0.25) is 0 Å². The predicted octanol–water partition coefficient (Wildman–Crippen LogP) is 4.28. The molecule has 0 atom stereocenters. The quantitative estimate of drug-likeness (QED) is 0.775. The molecule has 1 saturated heterocycles. The normalized spacial score (nSPS) is 21.0. The SMILES string of the molecule is COCOc1ccc(N2C(C)(C)CC([O])CC2(C)C)c(Cl)c1. The number of piperidine rings is 1. The van der Waals surface area contributed by atoms with Crippen molar-refractivity contribution < 1.29 is 14.6 Å². The number of rotatable bonds is 4. The number of anilines is 1. The molecule has 123 valence electrons. The largest absolute Gasteiger partial charge is 0.468 e. The van der Waals surface area contributed by atoms with E-state index in [1.54, 1.807) is 13.2 Å². The Kier molecular flexibility index (Phi) is 4.95. The molecule has 22 heavy (non-hydrogen) atoms. The number of ether oxygens (including phenoxy) is 2. The summed E-state index contributed by atoms with van der Waals surface area (Å²) in [6.45, 7) is 8.60. The number of hydrogen-bond acceptors (Lipinski definition) is 3. The van der Waals surface area contributed by atoms with E-state index in [4.69, 9.17) is 21.1 Å². The van der Waals surface area contributed by atoms with Crippen LogP contribution in [0.5, 0.6) is 5.75 Å². The van der Waals surface area contributed by atoms with Crippen LogP contribution in [0.3, 0.4) is 0 Å². The first-order chi connectivity index (χ1) is 10.2. The van der Waals surface area contributed by atoms with Gasteiger partial charge in [0.25, 0.3) is 0 Å². The third-order valence-corrected chi connectivity index (χ3v) is 4.47. The summed E-state index contributed by atoms with van der Waals surface area (Å²) in [4.78, 5) is 2.27. The molecule has 1 aromatic carbocycles. The van der Waals surface area contributed by atoms with E-state index in [9.17, 15) is 5.11 Å². The van der Waals surface area contributed by atoms with Crippen LogP contribution >= 0.6 is 11.6 Å². The van der Waals surface area contributed by atoms with Gasteiger partial charge in [-0.1, -0.05) is 11.6 Å². The maximum Gasteiger partial charge on any atom is 0.188 e. The molecule has 1 radical (unpaired) electrons. The lowest BCUT2D eigenvalue weighted by atomic mass is 9.77. The van der Waals surface area contributed by atoms with Crippen LogP contribution in [0.25, 0.3) is 0 Å². The van der Waals surface area contributed by atoms with Gasteiger partial charge in [-0.2, -0.15) is 0 Å². The van der Waals surface area contributed by atoms with E-state index in [1.807, 2.05) is 12.1 Å². The molecule has 0 N–H and O–H groups in total. The fraction of sp³-hybridized carbons (Fsp3) is 0.647. The van der Waals surface area contributed by atoms with E-state index in [1.165, 1.54) is 0 Å². The summed E-state index contributed by atoms with van der Waals surface area (Å²) in [7, 11) is 1.58. The van der Waals surface area contributed by atoms with Crippen molar-refractivity contribution in [1.29, 1.82) is 0 Å². The average molecular weight is 327 g/mol. The highest BCUT2D eigenvalue weighted by molar-refractivity contribution is 6.33. The second-order valence-corrected chi connectivity index (χ2v) is 7.56. The fourth-order valence-electron chi connectivity index (χ4n) is 3.73. The Balaban J connectivity index is 2.36. The van der Waals surface area contributed by atoms with Crippen molar-refractivity contribution in [2.45, 2.75) is 57.7 Å². The summed E-state index contributed by atoms with van der Waals surface area (Å²) in [5, 5.41) is 12.7. The van der Waals surface area contributed by atoms with Crippen LogP contribution in [0.4, 0.5) is 5.69 Å². The van der Waals surface area contributed by atoms with E-state index in [2.05, 4.69) is 32.6 Å². The summed E-state index contributed by atoms with van der Waals surface area (Å²) >= 11 is 6.49. The molecule has 5 heteroatoms. The molecule has 0 aromatic heterocycles. The van der Waals surface area contributed by atoms with E-state index in [-0.39, 0.29) is 17.9 Å². The maximum atomic E-state index is 12.1. The number of nitrogens with zero attached hydrogens (tertiary/aromatic N) is 1. The first kappa shape index (κ1) is 17.4. The van der Waals surface area contributed by atoms with E-state index >= 15 is 0 Å². The minimum Gasteiger partial charge on any atom is -0.468 e. The van der Waals surface area contributed by atoms with Crippen LogP contribution < -0.4 is 9.64 Å². The standard InChI is InChI=1S/C17H25ClNO3/c1-16(2)9-12(20)10-17(3,4)19(16)15-7-6-13(8-14(15)18)22-11-21-5/h6-8,12H,9-11H2,1-5H3. The molecule has 0 aliphatic carbocycles. The summed E-state index contributed by atoms with van der Waals surface area (Å²) < 4.78 is 10.3. The van der Waals surface area contributed by atoms with Crippen LogP contribution in [0.2, 0.25) is 5.02 Å². The number of hydrogen-bond donors (Lipinski definition) is 0. The Morgan fingerprint density at radius 1 is 1.23 bits per heavy atom. The van der Waals surface area contributed by atoms with Gasteiger partial charge in [0, 0.05) is 24.3 Å². The van der Waals surface area contributed by atoms with E-state index in [0.717, 1.165) is 5.69 Å². The third-order valence-electron chi connectivity index (χ3n) is 4.17. The zero-order valence-electron chi connectivity index (χ0n) is 14.0. The van der Waals surface area contributed by atoms with Crippen molar-refractivity contribution in [1.82, 2.24) is 0 Å². The summed E-state index contributed by atoms with van der Waals surface area (Å²) in [6.07, 6.45) is 0.674. The summed E-state index contributed by atoms with van der Waals surface area (Å²) in [5.41, 5.74) is 0.452. The second kappa shape index (κ2) is 6.26. The van der Waals surface area contributed by atoms with E-state index in [0.29, 0.717) is 23.6 Å². The van der Waals surface area contributed by atoms with Crippen LogP contribution in [-0.4, -0.2) is 31.1 Å². The lowest BCUT2D eigenvalue weighted by molar-refractivity contribution is 0.0112. The molecule has 2 rings (SSSR count). The van der Waals surface area contributed by atoms with E-state index < -0.39 is 6.10 Å². The number of methoxy groups -OCH3 is 1. The molecule has 0 unspecified atom stereocenters.